The maximum atomic E-state index is 12.2. The predicted molar refractivity (Wildman–Crippen MR) is 72.4 cm³/mol. The van der Waals surface area contributed by atoms with Crippen molar-refractivity contribution >= 4 is 12.9 Å². The van der Waals surface area contributed by atoms with E-state index in [0.717, 1.165) is 11.1 Å². The van der Waals surface area contributed by atoms with Crippen molar-refractivity contribution in [1.82, 2.24) is 0 Å². The minimum Gasteiger partial charge on any atom is -0.421 e. The Morgan fingerprint density at radius 3 is 2.33 bits per heavy atom. The zero-order valence-electron chi connectivity index (χ0n) is 10.3. The molecule has 0 heterocycles. The molecule has 0 aliphatic rings. The van der Waals surface area contributed by atoms with Gasteiger partial charge in [-0.1, -0.05) is 30.3 Å². The van der Waals surface area contributed by atoms with Crippen LogP contribution in [0.15, 0.2) is 48.5 Å². The quantitative estimate of drug-likeness (QED) is 0.864. The molecule has 0 saturated carbocycles. The third-order valence-corrected chi connectivity index (χ3v) is 4.25. The topological polar surface area (TPSA) is 46.5 Å². The largest absolute Gasteiger partial charge is 0.421 e. The summed E-state index contributed by atoms with van der Waals surface area (Å²) in [6.07, 6.45) is 0. The van der Waals surface area contributed by atoms with Gasteiger partial charge in [-0.15, -0.1) is 0 Å². The molecule has 2 aromatic rings. The van der Waals surface area contributed by atoms with Crippen LogP contribution in [0.2, 0.25) is 0 Å². The van der Waals surface area contributed by atoms with Gasteiger partial charge in [-0.05, 0) is 43.2 Å². The molecule has 0 aromatic heterocycles. The minimum atomic E-state index is -3.81. The van der Waals surface area contributed by atoms with Gasteiger partial charge in [0.2, 0.25) is 0 Å². The second-order valence-corrected chi connectivity index (χ2v) is 5.89. The maximum absolute atomic E-state index is 12.2. The maximum Gasteiger partial charge on any atom is 0.408 e. The van der Waals surface area contributed by atoms with Crippen molar-refractivity contribution in [3.05, 3.63) is 59.7 Å². The highest BCUT2D eigenvalue weighted by Gasteiger charge is 2.24. The van der Waals surface area contributed by atoms with Crippen LogP contribution in [0, 0.1) is 13.8 Å². The summed E-state index contributed by atoms with van der Waals surface area (Å²) in [6.45, 7) is 3.81. The fourth-order valence-corrected chi connectivity index (χ4v) is 2.74. The SMILES string of the molecule is Cc1cccc(OP(=O)(O)c2ccccc2)c1C. The van der Waals surface area contributed by atoms with E-state index in [1.807, 2.05) is 26.0 Å². The van der Waals surface area contributed by atoms with Crippen LogP contribution in [0.25, 0.3) is 0 Å². The van der Waals surface area contributed by atoms with E-state index in [1.54, 1.807) is 36.4 Å². The van der Waals surface area contributed by atoms with Crippen molar-refractivity contribution in [1.29, 1.82) is 0 Å². The second-order valence-electron chi connectivity index (χ2n) is 4.15. The summed E-state index contributed by atoms with van der Waals surface area (Å²) in [7, 11) is -3.81. The fraction of sp³-hybridized carbons (Fsp3) is 0.143. The first-order chi connectivity index (χ1) is 8.50. The Balaban J connectivity index is 2.34. The first-order valence-electron chi connectivity index (χ1n) is 5.65. The number of hydrogen-bond donors (Lipinski definition) is 1. The van der Waals surface area contributed by atoms with Gasteiger partial charge in [-0.25, -0.2) is 4.57 Å². The first-order valence-corrected chi connectivity index (χ1v) is 7.23. The molecule has 4 heteroatoms. The fourth-order valence-electron chi connectivity index (χ4n) is 1.63. The van der Waals surface area contributed by atoms with Gasteiger partial charge in [0, 0.05) is 0 Å². The lowest BCUT2D eigenvalue weighted by Crippen LogP contribution is -2.09. The molecule has 0 saturated heterocycles. The molecular weight excluding hydrogens is 247 g/mol. The van der Waals surface area contributed by atoms with Gasteiger partial charge in [0.1, 0.15) is 5.75 Å². The zero-order chi connectivity index (χ0) is 13.2. The van der Waals surface area contributed by atoms with Crippen LogP contribution in [-0.4, -0.2) is 4.89 Å². The summed E-state index contributed by atoms with van der Waals surface area (Å²) < 4.78 is 17.5. The van der Waals surface area contributed by atoms with Crippen LogP contribution >= 0.6 is 7.60 Å². The lowest BCUT2D eigenvalue weighted by atomic mass is 10.1. The van der Waals surface area contributed by atoms with E-state index in [9.17, 15) is 9.46 Å². The monoisotopic (exact) mass is 262 g/mol. The number of benzene rings is 2. The van der Waals surface area contributed by atoms with Crippen LogP contribution in [0.4, 0.5) is 0 Å². The molecule has 1 N–H and O–H groups in total. The Bertz CT molecular complexity index is 593. The molecule has 0 spiro atoms. The number of rotatable bonds is 3. The molecule has 2 rings (SSSR count). The van der Waals surface area contributed by atoms with Gasteiger partial charge in [0.05, 0.1) is 5.30 Å². The smallest absolute Gasteiger partial charge is 0.408 e. The van der Waals surface area contributed by atoms with E-state index in [-0.39, 0.29) is 0 Å². The molecule has 0 fully saturated rings. The molecule has 3 nitrogen and oxygen atoms in total. The predicted octanol–water partition coefficient (Wildman–Crippen LogP) is 3.19. The lowest BCUT2D eigenvalue weighted by molar-refractivity contribution is 0.392. The van der Waals surface area contributed by atoms with Crippen LogP contribution in [0.1, 0.15) is 11.1 Å². The van der Waals surface area contributed by atoms with E-state index in [4.69, 9.17) is 4.52 Å². The summed E-state index contributed by atoms with van der Waals surface area (Å²) in [6, 6.07) is 13.8. The van der Waals surface area contributed by atoms with Gasteiger partial charge in [0.25, 0.3) is 0 Å². The molecule has 0 aliphatic heterocycles. The standard InChI is InChI=1S/C14H15O3P/c1-11-7-6-10-14(12(11)2)17-18(15,16)13-8-4-3-5-9-13/h3-10H,1-2H3,(H,15,16). The Hall–Kier alpha value is -1.57. The molecule has 18 heavy (non-hydrogen) atoms. The van der Waals surface area contributed by atoms with Crippen molar-refractivity contribution in [2.75, 3.05) is 0 Å². The summed E-state index contributed by atoms with van der Waals surface area (Å²) in [5.41, 5.74) is 1.91. The molecular formula is C14H15O3P. The average Bonchev–Trinajstić information content (AvgIpc) is 2.36. The molecule has 1 unspecified atom stereocenters. The Labute approximate surface area is 107 Å². The summed E-state index contributed by atoms with van der Waals surface area (Å²) >= 11 is 0. The average molecular weight is 262 g/mol. The number of aryl methyl sites for hydroxylation is 1. The minimum absolute atomic E-state index is 0.297. The van der Waals surface area contributed by atoms with Gasteiger partial charge >= 0.3 is 7.60 Å². The second kappa shape index (κ2) is 4.97. The van der Waals surface area contributed by atoms with Crippen LogP contribution < -0.4 is 9.83 Å². The van der Waals surface area contributed by atoms with Gasteiger partial charge < -0.3 is 9.42 Å². The zero-order valence-corrected chi connectivity index (χ0v) is 11.2. The summed E-state index contributed by atoms with van der Waals surface area (Å²) in [4.78, 5) is 9.99. The molecule has 0 amide bonds. The summed E-state index contributed by atoms with van der Waals surface area (Å²) in [5, 5.41) is 0.297. The number of hydrogen-bond acceptors (Lipinski definition) is 2. The Morgan fingerprint density at radius 2 is 1.67 bits per heavy atom. The lowest BCUT2D eigenvalue weighted by Gasteiger charge is -2.16. The summed E-state index contributed by atoms with van der Waals surface area (Å²) in [5.74, 6) is 0.449. The van der Waals surface area contributed by atoms with Crippen molar-refractivity contribution < 1.29 is 14.0 Å². The van der Waals surface area contributed by atoms with Crippen molar-refractivity contribution in [2.24, 2.45) is 0 Å². The van der Waals surface area contributed by atoms with Crippen molar-refractivity contribution in [3.63, 3.8) is 0 Å². The van der Waals surface area contributed by atoms with Crippen LogP contribution in [0.3, 0.4) is 0 Å². The van der Waals surface area contributed by atoms with E-state index < -0.39 is 7.60 Å². The molecule has 94 valence electrons. The first kappa shape index (κ1) is 12.9. The van der Waals surface area contributed by atoms with E-state index in [2.05, 4.69) is 0 Å². The molecule has 1 atom stereocenters. The van der Waals surface area contributed by atoms with E-state index in [0.29, 0.717) is 11.1 Å². The van der Waals surface area contributed by atoms with Crippen LogP contribution in [0.5, 0.6) is 5.75 Å². The van der Waals surface area contributed by atoms with Gasteiger partial charge in [-0.3, -0.25) is 0 Å². The normalized spacial score (nSPS) is 13.9. The van der Waals surface area contributed by atoms with Crippen LogP contribution in [-0.2, 0) is 4.57 Å². The third kappa shape index (κ3) is 2.63. The Morgan fingerprint density at radius 1 is 1.00 bits per heavy atom. The third-order valence-electron chi connectivity index (χ3n) is 2.86. The Kier molecular flexibility index (Phi) is 3.55. The van der Waals surface area contributed by atoms with Crippen molar-refractivity contribution in [3.8, 4) is 5.75 Å². The van der Waals surface area contributed by atoms with Crippen molar-refractivity contribution in [2.45, 2.75) is 13.8 Å². The highest BCUT2D eigenvalue weighted by atomic mass is 31.2. The van der Waals surface area contributed by atoms with E-state index in [1.165, 1.54) is 0 Å². The van der Waals surface area contributed by atoms with Gasteiger partial charge in [0.15, 0.2) is 0 Å². The highest BCUT2D eigenvalue weighted by molar-refractivity contribution is 7.61. The molecule has 0 bridgehead atoms. The van der Waals surface area contributed by atoms with Gasteiger partial charge in [-0.2, -0.15) is 0 Å². The highest BCUT2D eigenvalue weighted by Crippen LogP contribution is 2.42. The molecule has 0 radical (unpaired) electrons. The molecule has 2 aromatic carbocycles. The van der Waals surface area contributed by atoms with E-state index >= 15 is 0 Å². The molecule has 0 aliphatic carbocycles.